The monoisotopic (exact) mass is 296 g/mol. The summed E-state index contributed by atoms with van der Waals surface area (Å²) < 4.78 is 25.2. The lowest BCUT2D eigenvalue weighted by Gasteiger charge is -2.29. The predicted molar refractivity (Wildman–Crippen MR) is 81.8 cm³/mol. The van der Waals surface area contributed by atoms with Crippen molar-refractivity contribution in [3.05, 3.63) is 23.3 Å². The van der Waals surface area contributed by atoms with Crippen molar-refractivity contribution in [2.24, 2.45) is 0 Å². The van der Waals surface area contributed by atoms with Gasteiger partial charge in [0.05, 0.1) is 14.2 Å². The van der Waals surface area contributed by atoms with Crippen molar-refractivity contribution in [3.8, 4) is 11.5 Å². The number of nitrogens with zero attached hydrogens (tertiary/aromatic N) is 1. The van der Waals surface area contributed by atoms with Crippen molar-refractivity contribution in [1.29, 1.82) is 0 Å². The van der Waals surface area contributed by atoms with Gasteiger partial charge in [0.15, 0.2) is 11.5 Å². The molecule has 118 valence electrons. The first kappa shape index (κ1) is 16.0. The lowest BCUT2D eigenvalue weighted by Crippen LogP contribution is -2.43. The molecule has 4 nitrogen and oxygen atoms in total. The van der Waals surface area contributed by atoms with E-state index in [1.165, 1.54) is 0 Å². The van der Waals surface area contributed by atoms with Gasteiger partial charge in [0, 0.05) is 38.3 Å². The van der Waals surface area contributed by atoms with Gasteiger partial charge >= 0.3 is 0 Å². The Morgan fingerprint density at radius 3 is 2.38 bits per heavy atom. The SMILES string of the molecule is COc1cc(C(C)(C)F)cc(CN2CCNCC2)c1OC. The fraction of sp³-hybridized carbons (Fsp3) is 0.625. The summed E-state index contributed by atoms with van der Waals surface area (Å²) >= 11 is 0. The van der Waals surface area contributed by atoms with Crippen LogP contribution >= 0.6 is 0 Å². The quantitative estimate of drug-likeness (QED) is 0.904. The molecular weight excluding hydrogens is 271 g/mol. The third-order valence-electron chi connectivity index (χ3n) is 3.85. The minimum absolute atomic E-state index is 0.589. The van der Waals surface area contributed by atoms with Crippen LogP contribution in [-0.2, 0) is 12.2 Å². The highest BCUT2D eigenvalue weighted by Crippen LogP contribution is 2.37. The Kier molecular flexibility index (Phi) is 5.06. The molecule has 0 unspecified atom stereocenters. The van der Waals surface area contributed by atoms with Crippen LogP contribution in [0.4, 0.5) is 4.39 Å². The number of ether oxygens (including phenoxy) is 2. The van der Waals surface area contributed by atoms with E-state index in [2.05, 4.69) is 10.2 Å². The van der Waals surface area contributed by atoms with Gasteiger partial charge in [-0.1, -0.05) is 0 Å². The highest BCUT2D eigenvalue weighted by atomic mass is 19.1. The van der Waals surface area contributed by atoms with Crippen LogP contribution in [0.15, 0.2) is 12.1 Å². The van der Waals surface area contributed by atoms with Gasteiger partial charge in [0.2, 0.25) is 0 Å². The van der Waals surface area contributed by atoms with Crippen LogP contribution in [0, 0.1) is 0 Å². The van der Waals surface area contributed by atoms with E-state index in [1.54, 1.807) is 34.1 Å². The number of benzene rings is 1. The predicted octanol–water partition coefficient (Wildman–Crippen LogP) is 2.31. The molecule has 0 amide bonds. The largest absolute Gasteiger partial charge is 0.493 e. The van der Waals surface area contributed by atoms with Crippen molar-refractivity contribution in [2.75, 3.05) is 40.4 Å². The molecular formula is C16H25FN2O2. The highest BCUT2D eigenvalue weighted by Gasteiger charge is 2.24. The highest BCUT2D eigenvalue weighted by molar-refractivity contribution is 5.50. The van der Waals surface area contributed by atoms with Crippen molar-refractivity contribution >= 4 is 0 Å². The molecule has 1 aliphatic heterocycles. The van der Waals surface area contributed by atoms with Gasteiger partial charge in [-0.15, -0.1) is 0 Å². The van der Waals surface area contributed by atoms with Gasteiger partial charge in [-0.3, -0.25) is 4.90 Å². The maximum Gasteiger partial charge on any atom is 0.165 e. The summed E-state index contributed by atoms with van der Waals surface area (Å²) in [5.41, 5.74) is 0.183. The van der Waals surface area contributed by atoms with E-state index in [0.717, 1.165) is 38.3 Å². The average molecular weight is 296 g/mol. The first-order valence-corrected chi connectivity index (χ1v) is 7.33. The molecule has 0 saturated carbocycles. The molecule has 2 rings (SSSR count). The molecule has 0 radical (unpaired) electrons. The topological polar surface area (TPSA) is 33.7 Å². The number of rotatable bonds is 5. The van der Waals surface area contributed by atoms with Crippen molar-refractivity contribution in [1.82, 2.24) is 10.2 Å². The van der Waals surface area contributed by atoms with Gasteiger partial charge in [-0.2, -0.15) is 0 Å². The van der Waals surface area contributed by atoms with Crippen molar-refractivity contribution in [3.63, 3.8) is 0 Å². The van der Waals surface area contributed by atoms with Crippen LogP contribution in [0.5, 0.6) is 11.5 Å². The number of methoxy groups -OCH3 is 2. The Morgan fingerprint density at radius 2 is 1.86 bits per heavy atom. The van der Waals surface area contributed by atoms with Crippen LogP contribution in [0.3, 0.4) is 0 Å². The van der Waals surface area contributed by atoms with E-state index in [-0.39, 0.29) is 0 Å². The lowest BCUT2D eigenvalue weighted by molar-refractivity contribution is 0.216. The fourth-order valence-corrected chi connectivity index (χ4v) is 2.61. The molecule has 1 aromatic rings. The maximum atomic E-state index is 14.3. The second-order valence-electron chi connectivity index (χ2n) is 5.87. The summed E-state index contributed by atoms with van der Waals surface area (Å²) in [4.78, 5) is 2.34. The Hall–Kier alpha value is -1.33. The summed E-state index contributed by atoms with van der Waals surface area (Å²) in [5.74, 6) is 1.29. The zero-order chi connectivity index (χ0) is 15.5. The van der Waals surface area contributed by atoms with Gasteiger partial charge in [-0.25, -0.2) is 4.39 Å². The third kappa shape index (κ3) is 3.86. The van der Waals surface area contributed by atoms with Crippen LogP contribution < -0.4 is 14.8 Å². The fourth-order valence-electron chi connectivity index (χ4n) is 2.61. The first-order chi connectivity index (χ1) is 9.95. The molecule has 1 aliphatic rings. The van der Waals surface area contributed by atoms with Crippen LogP contribution in [-0.4, -0.2) is 45.3 Å². The molecule has 1 fully saturated rings. The van der Waals surface area contributed by atoms with E-state index >= 15 is 0 Å². The number of piperazine rings is 1. The van der Waals surface area contributed by atoms with Gasteiger partial charge < -0.3 is 14.8 Å². The van der Waals surface area contributed by atoms with Crippen LogP contribution in [0.2, 0.25) is 0 Å². The molecule has 1 N–H and O–H groups in total. The summed E-state index contributed by atoms with van der Waals surface area (Å²) in [5, 5.41) is 3.33. The second-order valence-corrected chi connectivity index (χ2v) is 5.87. The van der Waals surface area contributed by atoms with Gasteiger partial charge in [-0.05, 0) is 31.5 Å². The van der Waals surface area contributed by atoms with Crippen molar-refractivity contribution in [2.45, 2.75) is 26.1 Å². The molecule has 0 atom stereocenters. The molecule has 21 heavy (non-hydrogen) atoms. The lowest BCUT2D eigenvalue weighted by atomic mass is 9.96. The number of nitrogens with one attached hydrogen (secondary N) is 1. The molecule has 0 spiro atoms. The minimum atomic E-state index is -1.41. The summed E-state index contributed by atoms with van der Waals surface area (Å²) in [6, 6.07) is 3.61. The van der Waals surface area contributed by atoms with Gasteiger partial charge in [0.25, 0.3) is 0 Å². The Labute approximate surface area is 126 Å². The number of hydrogen-bond acceptors (Lipinski definition) is 4. The van der Waals surface area contributed by atoms with E-state index in [1.807, 2.05) is 6.07 Å². The summed E-state index contributed by atoms with van der Waals surface area (Å²) in [6.07, 6.45) is 0. The molecule has 0 bridgehead atoms. The first-order valence-electron chi connectivity index (χ1n) is 7.33. The zero-order valence-corrected chi connectivity index (χ0v) is 13.3. The second kappa shape index (κ2) is 6.62. The van der Waals surface area contributed by atoms with Crippen LogP contribution in [0.25, 0.3) is 0 Å². The number of alkyl halides is 1. The third-order valence-corrected chi connectivity index (χ3v) is 3.85. The Morgan fingerprint density at radius 1 is 1.19 bits per heavy atom. The van der Waals surface area contributed by atoms with E-state index in [0.29, 0.717) is 17.1 Å². The molecule has 1 heterocycles. The van der Waals surface area contributed by atoms with Crippen molar-refractivity contribution < 1.29 is 13.9 Å². The Bertz CT molecular complexity index is 480. The zero-order valence-electron chi connectivity index (χ0n) is 13.3. The normalized spacial score (nSPS) is 16.8. The summed E-state index contributed by atoms with van der Waals surface area (Å²) in [6.45, 7) is 7.78. The number of halogens is 1. The smallest absolute Gasteiger partial charge is 0.165 e. The molecule has 1 aromatic carbocycles. The maximum absolute atomic E-state index is 14.3. The van der Waals surface area contributed by atoms with Gasteiger partial charge in [0.1, 0.15) is 5.67 Å². The molecule has 5 heteroatoms. The average Bonchev–Trinajstić information content (AvgIpc) is 2.46. The minimum Gasteiger partial charge on any atom is -0.493 e. The Balaban J connectivity index is 2.35. The van der Waals surface area contributed by atoms with E-state index in [9.17, 15) is 4.39 Å². The number of hydrogen-bond donors (Lipinski definition) is 1. The molecule has 0 aliphatic carbocycles. The molecule has 1 saturated heterocycles. The standard InChI is InChI=1S/C16H25FN2O2/c1-16(2,17)13-9-12(11-19-7-5-18-6-8-19)15(21-4)14(10-13)20-3/h9-10,18H,5-8,11H2,1-4H3. The van der Waals surface area contributed by atoms with Crippen LogP contribution in [0.1, 0.15) is 25.0 Å². The molecule has 0 aromatic heterocycles. The van der Waals surface area contributed by atoms with E-state index < -0.39 is 5.67 Å². The van der Waals surface area contributed by atoms with E-state index in [4.69, 9.17) is 9.47 Å². The summed E-state index contributed by atoms with van der Waals surface area (Å²) in [7, 11) is 3.21.